The lowest BCUT2D eigenvalue weighted by atomic mass is 10.0. The van der Waals surface area contributed by atoms with E-state index in [1.165, 1.54) is 0 Å². The molecule has 4 rings (SSSR count). The molecule has 0 aliphatic carbocycles. The highest BCUT2D eigenvalue weighted by molar-refractivity contribution is 6.31. The minimum Gasteiger partial charge on any atom is -0.361 e. The first-order chi connectivity index (χ1) is 13.9. The molecule has 2 N–H and O–H groups in total. The molecule has 0 saturated heterocycles. The van der Waals surface area contributed by atoms with Crippen LogP contribution in [-0.4, -0.2) is 33.7 Å². The van der Waals surface area contributed by atoms with Gasteiger partial charge in [-0.25, -0.2) is 4.98 Å². The number of aromatic amines is 1. The van der Waals surface area contributed by atoms with Gasteiger partial charge in [0.25, 0.3) is 0 Å². The minimum atomic E-state index is -0.112. The van der Waals surface area contributed by atoms with Crippen LogP contribution in [-0.2, 0) is 16.0 Å². The van der Waals surface area contributed by atoms with Crippen LogP contribution in [0.5, 0.6) is 0 Å². The number of fused-ring (bicyclic) bond motifs is 2. The topological polar surface area (TPSA) is 78.1 Å². The summed E-state index contributed by atoms with van der Waals surface area (Å²) in [5.41, 5.74) is 3.80. The van der Waals surface area contributed by atoms with Crippen molar-refractivity contribution in [3.63, 3.8) is 0 Å². The van der Waals surface area contributed by atoms with Crippen LogP contribution in [0.15, 0.2) is 42.7 Å². The molecule has 6 nitrogen and oxygen atoms in total. The molecule has 0 saturated carbocycles. The van der Waals surface area contributed by atoms with E-state index in [1.54, 1.807) is 30.3 Å². The molecule has 2 aromatic heterocycles. The quantitative estimate of drug-likeness (QED) is 0.630. The summed E-state index contributed by atoms with van der Waals surface area (Å²) in [4.78, 5) is 33.3. The Morgan fingerprint density at radius 2 is 2.14 bits per heavy atom. The van der Waals surface area contributed by atoms with Gasteiger partial charge in [-0.2, -0.15) is 0 Å². The van der Waals surface area contributed by atoms with Gasteiger partial charge in [-0.1, -0.05) is 17.7 Å². The van der Waals surface area contributed by atoms with Crippen molar-refractivity contribution in [3.05, 3.63) is 64.4 Å². The number of amides is 2. The molecule has 29 heavy (non-hydrogen) atoms. The van der Waals surface area contributed by atoms with Gasteiger partial charge in [0.15, 0.2) is 0 Å². The smallest absolute Gasteiger partial charge is 0.246 e. The van der Waals surface area contributed by atoms with Crippen molar-refractivity contribution in [1.29, 1.82) is 0 Å². The number of pyridine rings is 1. The number of nitrogens with one attached hydrogen (secondary N) is 2. The van der Waals surface area contributed by atoms with Gasteiger partial charge < -0.3 is 15.2 Å². The maximum Gasteiger partial charge on any atom is 0.246 e. The van der Waals surface area contributed by atoms with Crippen molar-refractivity contribution in [3.8, 4) is 0 Å². The number of aryl methyl sites for hydroxylation is 1. The summed E-state index contributed by atoms with van der Waals surface area (Å²) in [6.07, 6.45) is 7.99. The second-order valence-corrected chi connectivity index (χ2v) is 7.65. The standard InChI is InChI=1S/C22H21ClN4O2/c1-13(18-12-24-19-10-16(23)5-6-17(18)19)27(2)21(29)8-3-14-9-15-4-7-20(28)26-22(15)25-11-14/h3,5-6,8-13,24H,4,7H2,1-2H3,(H,25,26,28). The largest absolute Gasteiger partial charge is 0.361 e. The van der Waals surface area contributed by atoms with Crippen molar-refractivity contribution >= 4 is 46.2 Å². The number of anilines is 1. The highest BCUT2D eigenvalue weighted by Crippen LogP contribution is 2.29. The van der Waals surface area contributed by atoms with Gasteiger partial charge in [0, 0.05) is 47.9 Å². The van der Waals surface area contributed by atoms with Crippen molar-refractivity contribution in [2.45, 2.75) is 25.8 Å². The van der Waals surface area contributed by atoms with E-state index in [2.05, 4.69) is 15.3 Å². The molecular formula is C22H21ClN4O2. The van der Waals surface area contributed by atoms with Gasteiger partial charge in [0.1, 0.15) is 5.82 Å². The fourth-order valence-electron chi connectivity index (χ4n) is 3.52. The normalized spacial score (nSPS) is 14.7. The van der Waals surface area contributed by atoms with E-state index in [0.717, 1.165) is 27.6 Å². The molecule has 1 aliphatic heterocycles. The third kappa shape index (κ3) is 3.89. The van der Waals surface area contributed by atoms with Crippen LogP contribution < -0.4 is 5.32 Å². The van der Waals surface area contributed by atoms with E-state index in [1.807, 2.05) is 37.4 Å². The monoisotopic (exact) mass is 408 g/mol. The zero-order chi connectivity index (χ0) is 20.5. The molecule has 1 aromatic carbocycles. The van der Waals surface area contributed by atoms with E-state index in [9.17, 15) is 9.59 Å². The lowest BCUT2D eigenvalue weighted by molar-refractivity contribution is -0.126. The Bertz CT molecular complexity index is 1140. The third-order valence-corrected chi connectivity index (χ3v) is 5.57. The van der Waals surface area contributed by atoms with Crippen LogP contribution in [0, 0.1) is 0 Å². The lowest BCUT2D eigenvalue weighted by Gasteiger charge is -2.23. The first-order valence-electron chi connectivity index (χ1n) is 9.42. The molecule has 2 amide bonds. The molecule has 3 heterocycles. The van der Waals surface area contributed by atoms with Gasteiger partial charge >= 0.3 is 0 Å². The van der Waals surface area contributed by atoms with E-state index in [4.69, 9.17) is 11.6 Å². The fourth-order valence-corrected chi connectivity index (χ4v) is 3.69. The molecule has 0 fully saturated rings. The number of halogens is 1. The van der Waals surface area contributed by atoms with E-state index < -0.39 is 0 Å². The summed E-state index contributed by atoms with van der Waals surface area (Å²) in [5, 5.41) is 4.48. The summed E-state index contributed by atoms with van der Waals surface area (Å²) in [6, 6.07) is 7.53. The van der Waals surface area contributed by atoms with Crippen molar-refractivity contribution in [2.24, 2.45) is 0 Å². The fraction of sp³-hybridized carbons (Fsp3) is 0.227. The lowest BCUT2D eigenvalue weighted by Crippen LogP contribution is -2.27. The number of hydrogen-bond donors (Lipinski definition) is 2. The molecule has 3 aromatic rings. The maximum absolute atomic E-state index is 12.7. The Morgan fingerprint density at radius 3 is 2.97 bits per heavy atom. The number of benzene rings is 1. The average molecular weight is 409 g/mol. The SMILES string of the molecule is CC(c1c[nH]c2cc(Cl)ccc12)N(C)C(=O)C=Cc1cnc2c(c1)CCC(=O)N2. The third-order valence-electron chi connectivity index (χ3n) is 5.34. The molecule has 1 unspecified atom stereocenters. The van der Waals surface area contributed by atoms with Crippen molar-refractivity contribution in [1.82, 2.24) is 14.9 Å². The highest BCUT2D eigenvalue weighted by atomic mass is 35.5. The number of rotatable bonds is 4. The van der Waals surface area contributed by atoms with Crippen LogP contribution >= 0.6 is 11.6 Å². The summed E-state index contributed by atoms with van der Waals surface area (Å²) < 4.78 is 0. The predicted molar refractivity (Wildman–Crippen MR) is 115 cm³/mol. The van der Waals surface area contributed by atoms with Gasteiger partial charge in [0.05, 0.1) is 6.04 Å². The maximum atomic E-state index is 12.7. The summed E-state index contributed by atoms with van der Waals surface area (Å²) in [5.74, 6) is 0.486. The van der Waals surface area contributed by atoms with Crippen LogP contribution in [0.1, 0.15) is 36.1 Å². The number of likely N-dealkylation sites (N-methyl/N-ethyl adjacent to an activating group) is 1. The molecule has 0 radical (unpaired) electrons. The second kappa shape index (κ2) is 7.72. The summed E-state index contributed by atoms with van der Waals surface area (Å²) in [7, 11) is 1.78. The van der Waals surface area contributed by atoms with Gasteiger partial charge in [0.2, 0.25) is 11.8 Å². The average Bonchev–Trinajstić information content (AvgIpc) is 3.13. The Kier molecular flexibility index (Phi) is 5.11. The molecule has 0 spiro atoms. The Balaban J connectivity index is 1.49. The molecular weight excluding hydrogens is 388 g/mol. The van der Waals surface area contributed by atoms with Crippen LogP contribution in [0.2, 0.25) is 5.02 Å². The zero-order valence-corrected chi connectivity index (χ0v) is 17.0. The van der Waals surface area contributed by atoms with Crippen LogP contribution in [0.25, 0.3) is 17.0 Å². The second-order valence-electron chi connectivity index (χ2n) is 7.22. The van der Waals surface area contributed by atoms with Crippen LogP contribution in [0.3, 0.4) is 0 Å². The summed E-state index contributed by atoms with van der Waals surface area (Å²) in [6.45, 7) is 1.99. The Morgan fingerprint density at radius 1 is 1.31 bits per heavy atom. The molecule has 1 atom stereocenters. The van der Waals surface area contributed by atoms with E-state index >= 15 is 0 Å². The van der Waals surface area contributed by atoms with Gasteiger partial charge in [-0.05, 0) is 54.3 Å². The molecule has 7 heteroatoms. The van der Waals surface area contributed by atoms with Crippen molar-refractivity contribution in [2.75, 3.05) is 12.4 Å². The van der Waals surface area contributed by atoms with Gasteiger partial charge in [-0.3, -0.25) is 9.59 Å². The molecule has 148 valence electrons. The number of nitrogens with zero attached hydrogens (tertiary/aromatic N) is 2. The number of hydrogen-bond acceptors (Lipinski definition) is 3. The minimum absolute atomic E-state index is 0.0152. The first-order valence-corrected chi connectivity index (χ1v) is 9.80. The molecule has 0 bridgehead atoms. The Labute approximate surface area is 173 Å². The first kappa shape index (κ1) is 19.2. The zero-order valence-electron chi connectivity index (χ0n) is 16.2. The number of carbonyl (C=O) groups is 2. The van der Waals surface area contributed by atoms with E-state index in [-0.39, 0.29) is 17.9 Å². The van der Waals surface area contributed by atoms with E-state index in [0.29, 0.717) is 23.7 Å². The number of aromatic nitrogens is 2. The predicted octanol–water partition coefficient (Wildman–Crippen LogP) is 4.33. The Hall–Kier alpha value is -3.12. The molecule has 1 aliphatic rings. The number of H-pyrrole nitrogens is 1. The number of carbonyl (C=O) groups excluding carboxylic acids is 2. The van der Waals surface area contributed by atoms with Gasteiger partial charge in [-0.15, -0.1) is 0 Å². The highest BCUT2D eigenvalue weighted by Gasteiger charge is 2.19. The van der Waals surface area contributed by atoms with Crippen molar-refractivity contribution < 1.29 is 9.59 Å². The summed E-state index contributed by atoms with van der Waals surface area (Å²) >= 11 is 6.05. The van der Waals surface area contributed by atoms with Crippen LogP contribution in [0.4, 0.5) is 5.82 Å².